The van der Waals surface area contributed by atoms with E-state index in [9.17, 15) is 4.79 Å². The first-order valence-electron chi connectivity index (χ1n) is 6.80. The molecule has 1 aromatic heterocycles. The second-order valence-electron chi connectivity index (χ2n) is 5.05. The van der Waals surface area contributed by atoms with Crippen LogP contribution >= 0.6 is 15.9 Å². The third-order valence-corrected chi connectivity index (χ3v) is 4.38. The average Bonchev–Trinajstić information content (AvgIpc) is 2.97. The number of benzene rings is 1. The van der Waals surface area contributed by atoms with Crippen molar-refractivity contribution in [2.24, 2.45) is 0 Å². The Morgan fingerprint density at radius 1 is 1.30 bits per heavy atom. The molecule has 0 saturated heterocycles. The Balaban J connectivity index is 1.73. The molecule has 0 bridgehead atoms. The van der Waals surface area contributed by atoms with E-state index < -0.39 is 0 Å². The van der Waals surface area contributed by atoms with Crippen LogP contribution in [0.4, 0.5) is 0 Å². The molecule has 1 heterocycles. The lowest BCUT2D eigenvalue weighted by atomic mass is 9.93. The van der Waals surface area contributed by atoms with Gasteiger partial charge < -0.3 is 9.73 Å². The van der Waals surface area contributed by atoms with E-state index in [0.29, 0.717) is 5.56 Å². The van der Waals surface area contributed by atoms with Crippen LogP contribution in [0, 0.1) is 0 Å². The molecule has 1 aliphatic carbocycles. The van der Waals surface area contributed by atoms with Crippen molar-refractivity contribution >= 4 is 21.8 Å². The number of carbonyl (C=O) groups is 1. The molecule has 1 unspecified atom stereocenters. The van der Waals surface area contributed by atoms with Crippen LogP contribution in [0.2, 0.25) is 0 Å². The molecular weight excluding hydrogens is 318 g/mol. The summed E-state index contributed by atoms with van der Waals surface area (Å²) in [4.78, 5) is 12.3. The molecule has 3 nitrogen and oxygen atoms in total. The average molecular weight is 334 g/mol. The van der Waals surface area contributed by atoms with Gasteiger partial charge in [-0.2, -0.15) is 0 Å². The van der Waals surface area contributed by atoms with Gasteiger partial charge in [0.1, 0.15) is 5.76 Å². The number of amides is 1. The molecule has 3 rings (SSSR count). The number of hydrogen-bond donors (Lipinski definition) is 1. The molecule has 0 spiro atoms. The fraction of sp³-hybridized carbons (Fsp3) is 0.312. The summed E-state index contributed by atoms with van der Waals surface area (Å²) >= 11 is 3.40. The van der Waals surface area contributed by atoms with Crippen LogP contribution in [0.3, 0.4) is 0 Å². The predicted molar refractivity (Wildman–Crippen MR) is 80.9 cm³/mol. The first kappa shape index (κ1) is 13.4. The van der Waals surface area contributed by atoms with E-state index in [1.807, 2.05) is 30.3 Å². The van der Waals surface area contributed by atoms with Crippen molar-refractivity contribution in [3.8, 4) is 0 Å². The topological polar surface area (TPSA) is 42.2 Å². The number of carbonyl (C=O) groups excluding carboxylic acids is 1. The quantitative estimate of drug-likeness (QED) is 0.863. The molecule has 1 aromatic carbocycles. The highest BCUT2D eigenvalue weighted by Gasteiger charge is 2.24. The third-order valence-electron chi connectivity index (χ3n) is 3.73. The van der Waals surface area contributed by atoms with Crippen LogP contribution in [0.15, 0.2) is 41.0 Å². The van der Waals surface area contributed by atoms with Crippen molar-refractivity contribution in [2.45, 2.75) is 30.6 Å². The summed E-state index contributed by atoms with van der Waals surface area (Å²) in [7, 11) is 0. The van der Waals surface area contributed by atoms with Gasteiger partial charge in [-0.3, -0.25) is 4.79 Å². The van der Waals surface area contributed by atoms with E-state index in [1.54, 1.807) is 6.26 Å². The van der Waals surface area contributed by atoms with Gasteiger partial charge >= 0.3 is 0 Å². The predicted octanol–water partition coefficient (Wildman–Crippen LogP) is 3.98. The van der Waals surface area contributed by atoms with Gasteiger partial charge in [0.2, 0.25) is 0 Å². The number of furan rings is 1. The molecule has 1 atom stereocenters. The lowest BCUT2D eigenvalue weighted by Crippen LogP contribution is -2.30. The molecule has 2 aromatic rings. The smallest absolute Gasteiger partial charge is 0.251 e. The first-order chi connectivity index (χ1) is 9.78. The lowest BCUT2D eigenvalue weighted by Gasteiger charge is -2.22. The summed E-state index contributed by atoms with van der Waals surface area (Å²) in [6.45, 7) is 0. The van der Waals surface area contributed by atoms with Crippen LogP contribution in [0.25, 0.3) is 0 Å². The Morgan fingerprint density at radius 3 is 2.85 bits per heavy atom. The molecule has 0 saturated carbocycles. The molecule has 1 N–H and O–H groups in total. The minimum absolute atomic E-state index is 0.0230. The van der Waals surface area contributed by atoms with Gasteiger partial charge in [-0.15, -0.1) is 0 Å². The minimum atomic E-state index is -0.0230. The van der Waals surface area contributed by atoms with Gasteiger partial charge in [0.25, 0.3) is 5.91 Å². The summed E-state index contributed by atoms with van der Waals surface area (Å²) in [5, 5.41) is 3.91. The minimum Gasteiger partial charge on any atom is -0.469 e. The zero-order chi connectivity index (χ0) is 13.9. The van der Waals surface area contributed by atoms with Crippen molar-refractivity contribution < 1.29 is 9.21 Å². The Morgan fingerprint density at radius 2 is 2.10 bits per heavy atom. The van der Waals surface area contributed by atoms with E-state index in [-0.39, 0.29) is 11.9 Å². The normalized spacial score (nSPS) is 17.6. The Bertz CT molecular complexity index is 603. The Labute approximate surface area is 126 Å². The summed E-state index contributed by atoms with van der Waals surface area (Å²) in [5.74, 6) is 0.987. The van der Waals surface area contributed by atoms with E-state index >= 15 is 0 Å². The van der Waals surface area contributed by atoms with E-state index in [4.69, 9.17) is 4.42 Å². The Kier molecular flexibility index (Phi) is 3.92. The second kappa shape index (κ2) is 5.83. The second-order valence-corrected chi connectivity index (χ2v) is 5.61. The molecule has 4 heteroatoms. The van der Waals surface area contributed by atoms with Crippen molar-refractivity contribution in [1.29, 1.82) is 0 Å². The highest BCUT2D eigenvalue weighted by molar-refractivity contribution is 9.08. The maximum Gasteiger partial charge on any atom is 0.251 e. The molecular formula is C16H16BrNO2. The van der Waals surface area contributed by atoms with Crippen LogP contribution in [0.5, 0.6) is 0 Å². The molecule has 0 radical (unpaired) electrons. The van der Waals surface area contributed by atoms with Crippen molar-refractivity contribution in [3.05, 3.63) is 59.0 Å². The standard InChI is InChI=1S/C16H16BrNO2/c17-10-11-4-6-12(7-5-11)16(19)18-14-2-1-3-15-13(14)8-9-20-15/h4-9,14H,1-3,10H2,(H,18,19). The van der Waals surface area contributed by atoms with Crippen LogP contribution in [-0.2, 0) is 11.8 Å². The van der Waals surface area contributed by atoms with Gasteiger partial charge in [0.15, 0.2) is 0 Å². The van der Waals surface area contributed by atoms with Gasteiger partial charge in [-0.05, 0) is 36.6 Å². The number of halogens is 1. The maximum absolute atomic E-state index is 12.3. The van der Waals surface area contributed by atoms with Crippen molar-refractivity contribution in [3.63, 3.8) is 0 Å². The van der Waals surface area contributed by atoms with Gasteiger partial charge in [-0.1, -0.05) is 28.1 Å². The number of hydrogen-bond acceptors (Lipinski definition) is 2. The molecule has 20 heavy (non-hydrogen) atoms. The summed E-state index contributed by atoms with van der Waals surface area (Å²) in [5.41, 5.74) is 2.99. The van der Waals surface area contributed by atoms with Crippen LogP contribution < -0.4 is 5.32 Å². The van der Waals surface area contributed by atoms with Crippen molar-refractivity contribution in [1.82, 2.24) is 5.32 Å². The highest BCUT2D eigenvalue weighted by Crippen LogP contribution is 2.30. The maximum atomic E-state index is 12.3. The van der Waals surface area contributed by atoms with Gasteiger partial charge in [0, 0.05) is 22.9 Å². The van der Waals surface area contributed by atoms with E-state index in [2.05, 4.69) is 21.2 Å². The third kappa shape index (κ3) is 2.66. The van der Waals surface area contributed by atoms with Gasteiger partial charge in [-0.25, -0.2) is 0 Å². The SMILES string of the molecule is O=C(NC1CCCc2occc21)c1ccc(CBr)cc1. The van der Waals surface area contributed by atoms with Crippen molar-refractivity contribution in [2.75, 3.05) is 0 Å². The first-order valence-corrected chi connectivity index (χ1v) is 7.92. The number of fused-ring (bicyclic) bond motifs is 1. The number of aryl methyl sites for hydroxylation is 1. The molecule has 1 amide bonds. The molecule has 0 fully saturated rings. The number of nitrogens with one attached hydrogen (secondary N) is 1. The summed E-state index contributed by atoms with van der Waals surface area (Å²) in [6, 6.07) is 9.70. The van der Waals surface area contributed by atoms with E-state index in [1.165, 1.54) is 0 Å². The zero-order valence-electron chi connectivity index (χ0n) is 11.1. The molecule has 0 aliphatic heterocycles. The fourth-order valence-corrected chi connectivity index (χ4v) is 3.00. The summed E-state index contributed by atoms with van der Waals surface area (Å²) < 4.78 is 5.45. The fourth-order valence-electron chi connectivity index (χ4n) is 2.62. The van der Waals surface area contributed by atoms with Crippen LogP contribution in [-0.4, -0.2) is 5.91 Å². The monoisotopic (exact) mass is 333 g/mol. The lowest BCUT2D eigenvalue weighted by molar-refractivity contribution is 0.0932. The largest absolute Gasteiger partial charge is 0.469 e. The van der Waals surface area contributed by atoms with Gasteiger partial charge in [0.05, 0.1) is 12.3 Å². The summed E-state index contributed by atoms with van der Waals surface area (Å²) in [6.07, 6.45) is 4.69. The highest BCUT2D eigenvalue weighted by atomic mass is 79.9. The molecule has 1 aliphatic rings. The molecule has 104 valence electrons. The zero-order valence-corrected chi connectivity index (χ0v) is 12.7. The number of alkyl halides is 1. The number of rotatable bonds is 3. The van der Waals surface area contributed by atoms with Crippen LogP contribution in [0.1, 0.15) is 46.1 Å². The Hall–Kier alpha value is -1.55. The van der Waals surface area contributed by atoms with E-state index in [0.717, 1.165) is 41.5 Å².